The molecule has 32 heavy (non-hydrogen) atoms. The lowest BCUT2D eigenvalue weighted by Crippen LogP contribution is -2.20. The van der Waals surface area contributed by atoms with Crippen molar-refractivity contribution < 1.29 is 14.3 Å². The van der Waals surface area contributed by atoms with E-state index < -0.39 is 5.91 Å². The summed E-state index contributed by atoms with van der Waals surface area (Å²) in [7, 11) is 0. The number of amides is 2. The number of nitrogens with two attached hydrogens (primary N) is 1. The van der Waals surface area contributed by atoms with Crippen LogP contribution in [-0.2, 0) is 4.79 Å². The monoisotopic (exact) mass is 445 g/mol. The molecule has 6 nitrogen and oxygen atoms in total. The summed E-state index contributed by atoms with van der Waals surface area (Å²) in [4.78, 5) is 28.6. The molecule has 7 heteroatoms. The van der Waals surface area contributed by atoms with Crippen molar-refractivity contribution in [1.82, 2.24) is 4.98 Å². The largest absolute Gasteiger partial charge is 0.483 e. The number of pyridine rings is 1. The first kappa shape index (κ1) is 21.3. The van der Waals surface area contributed by atoms with Crippen molar-refractivity contribution in [3.05, 3.63) is 88.9 Å². The minimum atomic E-state index is -0.591. The zero-order chi connectivity index (χ0) is 22.7. The highest BCUT2D eigenvalue weighted by Gasteiger charge is 2.13. The summed E-state index contributed by atoms with van der Waals surface area (Å²) in [5, 5.41) is 4.15. The number of aryl methyl sites for hydroxylation is 1. The molecule has 0 saturated heterocycles. The van der Waals surface area contributed by atoms with Gasteiger partial charge in [0.1, 0.15) is 5.75 Å². The summed E-state index contributed by atoms with van der Waals surface area (Å²) in [6, 6.07) is 21.6. The Hall–Kier alpha value is -3.90. The summed E-state index contributed by atoms with van der Waals surface area (Å²) in [5.41, 5.74) is 9.62. The maximum Gasteiger partial charge on any atom is 0.255 e. The first-order valence-corrected chi connectivity index (χ1v) is 10.3. The number of halogens is 1. The number of nitrogens with zero attached hydrogens (tertiary/aromatic N) is 1. The predicted molar refractivity (Wildman–Crippen MR) is 126 cm³/mol. The second-order valence-electron chi connectivity index (χ2n) is 7.32. The van der Waals surface area contributed by atoms with E-state index in [1.54, 1.807) is 48.5 Å². The van der Waals surface area contributed by atoms with Crippen LogP contribution in [-0.4, -0.2) is 23.4 Å². The fraction of sp³-hybridized carbons (Fsp3) is 0.0800. The van der Waals surface area contributed by atoms with Gasteiger partial charge >= 0.3 is 0 Å². The number of rotatable bonds is 6. The number of aromatic nitrogens is 1. The number of ether oxygens (including phenoxy) is 1. The fourth-order valence-electron chi connectivity index (χ4n) is 3.22. The van der Waals surface area contributed by atoms with Gasteiger partial charge in [-0.2, -0.15) is 0 Å². The molecule has 0 atom stereocenters. The maximum absolute atomic E-state index is 12.6. The standard InChI is InChI=1S/C25H20ClN3O3/c1-15-2-4-17(5-3-15)25(31)28-19-10-11-21-20(12-19)23(32-14-24(27)30)13-22(29-21)16-6-8-18(26)9-7-16/h2-13H,14H2,1H3,(H2,27,30)(H,28,31). The van der Waals surface area contributed by atoms with E-state index >= 15 is 0 Å². The summed E-state index contributed by atoms with van der Waals surface area (Å²) in [6.07, 6.45) is 0. The molecule has 0 saturated carbocycles. The predicted octanol–water partition coefficient (Wildman–Crippen LogP) is 4.98. The minimum absolute atomic E-state index is 0.227. The molecule has 160 valence electrons. The van der Waals surface area contributed by atoms with Gasteiger partial charge in [0.25, 0.3) is 11.8 Å². The number of carbonyl (C=O) groups is 2. The molecule has 0 bridgehead atoms. The Kier molecular flexibility index (Phi) is 6.05. The van der Waals surface area contributed by atoms with Crippen LogP contribution in [0.3, 0.4) is 0 Å². The van der Waals surface area contributed by atoms with Gasteiger partial charge in [0.2, 0.25) is 0 Å². The molecule has 0 aliphatic heterocycles. The Morgan fingerprint density at radius 3 is 2.41 bits per heavy atom. The number of hydrogen-bond acceptors (Lipinski definition) is 4. The van der Waals surface area contributed by atoms with Gasteiger partial charge in [-0.3, -0.25) is 9.59 Å². The van der Waals surface area contributed by atoms with Crippen LogP contribution in [0, 0.1) is 6.92 Å². The SMILES string of the molecule is Cc1ccc(C(=O)Nc2ccc3nc(-c4ccc(Cl)cc4)cc(OCC(N)=O)c3c2)cc1. The number of hydrogen-bond donors (Lipinski definition) is 2. The average molecular weight is 446 g/mol. The van der Waals surface area contributed by atoms with Gasteiger partial charge in [0, 0.05) is 33.3 Å². The molecule has 0 spiro atoms. The van der Waals surface area contributed by atoms with Crippen molar-refractivity contribution in [2.75, 3.05) is 11.9 Å². The number of nitrogens with one attached hydrogen (secondary N) is 1. The lowest BCUT2D eigenvalue weighted by atomic mass is 10.1. The first-order chi connectivity index (χ1) is 15.4. The molecule has 1 aromatic heterocycles. The van der Waals surface area contributed by atoms with E-state index in [1.807, 2.05) is 31.2 Å². The highest BCUT2D eigenvalue weighted by molar-refractivity contribution is 6.30. The first-order valence-electron chi connectivity index (χ1n) is 9.89. The molecule has 0 radical (unpaired) electrons. The molecular weight excluding hydrogens is 426 g/mol. The van der Waals surface area contributed by atoms with Gasteiger partial charge in [-0.15, -0.1) is 0 Å². The summed E-state index contributed by atoms with van der Waals surface area (Å²) in [5.74, 6) is -0.383. The van der Waals surface area contributed by atoms with Crippen LogP contribution in [0.5, 0.6) is 5.75 Å². The maximum atomic E-state index is 12.6. The molecule has 0 fully saturated rings. The Morgan fingerprint density at radius 2 is 1.72 bits per heavy atom. The Labute approximate surface area is 190 Å². The van der Waals surface area contributed by atoms with E-state index in [0.29, 0.717) is 38.6 Å². The van der Waals surface area contributed by atoms with Gasteiger partial charge in [-0.05, 0) is 49.4 Å². The summed E-state index contributed by atoms with van der Waals surface area (Å²) in [6.45, 7) is 1.68. The van der Waals surface area contributed by atoms with E-state index in [-0.39, 0.29) is 12.5 Å². The van der Waals surface area contributed by atoms with Gasteiger partial charge in [-0.25, -0.2) is 4.98 Å². The number of primary amides is 1. The van der Waals surface area contributed by atoms with Gasteiger partial charge in [0.05, 0.1) is 11.2 Å². The number of fused-ring (bicyclic) bond motifs is 1. The average Bonchev–Trinajstić information content (AvgIpc) is 2.78. The Bertz CT molecular complexity index is 1300. The van der Waals surface area contributed by atoms with Crippen LogP contribution < -0.4 is 15.8 Å². The van der Waals surface area contributed by atoms with Crippen molar-refractivity contribution in [1.29, 1.82) is 0 Å². The van der Waals surface area contributed by atoms with Crippen LogP contribution in [0.1, 0.15) is 15.9 Å². The van der Waals surface area contributed by atoms with Crippen LogP contribution >= 0.6 is 11.6 Å². The molecule has 1 heterocycles. The van der Waals surface area contributed by atoms with Crippen molar-refractivity contribution >= 4 is 40.0 Å². The van der Waals surface area contributed by atoms with Crippen LogP contribution in [0.25, 0.3) is 22.2 Å². The van der Waals surface area contributed by atoms with Crippen molar-refractivity contribution in [2.45, 2.75) is 6.92 Å². The van der Waals surface area contributed by atoms with Crippen molar-refractivity contribution in [3.8, 4) is 17.0 Å². The smallest absolute Gasteiger partial charge is 0.255 e. The number of benzene rings is 3. The van der Waals surface area contributed by atoms with E-state index in [9.17, 15) is 9.59 Å². The highest BCUT2D eigenvalue weighted by Crippen LogP contribution is 2.32. The van der Waals surface area contributed by atoms with Gasteiger partial charge < -0.3 is 15.8 Å². The third kappa shape index (κ3) is 4.87. The summed E-state index contributed by atoms with van der Waals surface area (Å²) < 4.78 is 5.67. The summed E-state index contributed by atoms with van der Waals surface area (Å²) >= 11 is 5.99. The highest BCUT2D eigenvalue weighted by atomic mass is 35.5. The van der Waals surface area contributed by atoms with Crippen LogP contribution in [0.4, 0.5) is 5.69 Å². The lowest BCUT2D eigenvalue weighted by Gasteiger charge is -2.13. The molecule has 0 unspecified atom stereocenters. The molecule has 0 aliphatic rings. The quantitative estimate of drug-likeness (QED) is 0.437. The van der Waals surface area contributed by atoms with Crippen molar-refractivity contribution in [2.24, 2.45) is 5.73 Å². The second-order valence-corrected chi connectivity index (χ2v) is 7.76. The van der Waals surface area contributed by atoms with Crippen LogP contribution in [0.2, 0.25) is 5.02 Å². The lowest BCUT2D eigenvalue weighted by molar-refractivity contribution is -0.119. The molecule has 0 aliphatic carbocycles. The van der Waals surface area contributed by atoms with E-state index in [1.165, 1.54) is 0 Å². The topological polar surface area (TPSA) is 94.3 Å². The second kappa shape index (κ2) is 9.08. The molecule has 2 amide bonds. The Morgan fingerprint density at radius 1 is 1.00 bits per heavy atom. The molecule has 4 rings (SSSR count). The van der Waals surface area contributed by atoms with Gasteiger partial charge in [0.15, 0.2) is 6.61 Å². The third-order valence-electron chi connectivity index (χ3n) is 4.85. The van der Waals surface area contributed by atoms with Gasteiger partial charge in [-0.1, -0.05) is 41.4 Å². The third-order valence-corrected chi connectivity index (χ3v) is 5.10. The minimum Gasteiger partial charge on any atom is -0.483 e. The Balaban J connectivity index is 1.71. The van der Waals surface area contributed by atoms with E-state index in [2.05, 4.69) is 5.32 Å². The molecule has 3 N–H and O–H groups in total. The zero-order valence-corrected chi connectivity index (χ0v) is 18.0. The zero-order valence-electron chi connectivity index (χ0n) is 17.3. The fourth-order valence-corrected chi connectivity index (χ4v) is 3.34. The van der Waals surface area contributed by atoms with E-state index in [0.717, 1.165) is 11.1 Å². The number of carbonyl (C=O) groups excluding carboxylic acids is 2. The normalized spacial score (nSPS) is 10.7. The molecule has 3 aromatic carbocycles. The van der Waals surface area contributed by atoms with E-state index in [4.69, 9.17) is 27.1 Å². The molecule has 4 aromatic rings. The van der Waals surface area contributed by atoms with Crippen molar-refractivity contribution in [3.63, 3.8) is 0 Å². The van der Waals surface area contributed by atoms with Crippen LogP contribution in [0.15, 0.2) is 72.8 Å². The number of anilines is 1. The molecular formula is C25H20ClN3O3.